The van der Waals surface area contributed by atoms with Crippen LogP contribution in [-0.4, -0.2) is 21.8 Å². The third-order valence-corrected chi connectivity index (χ3v) is 5.77. The molecule has 0 amide bonds. The molecule has 0 atom stereocenters. The maximum Gasteiger partial charge on any atom is 0.331 e. The van der Waals surface area contributed by atoms with Crippen molar-refractivity contribution in [2.45, 2.75) is 97.1 Å². The molecule has 3 heteroatoms. The van der Waals surface area contributed by atoms with Gasteiger partial charge in [0.1, 0.15) is 0 Å². The average molecular weight is 329 g/mol. The van der Waals surface area contributed by atoms with Crippen LogP contribution in [0.15, 0.2) is 12.7 Å². The Labute approximate surface area is 140 Å². The van der Waals surface area contributed by atoms with E-state index < -0.39 is 8.56 Å². The van der Waals surface area contributed by atoms with Gasteiger partial charge in [-0.25, -0.2) is 0 Å². The normalized spacial score (nSPS) is 11.8. The first-order chi connectivity index (χ1) is 10.6. The average Bonchev–Trinajstić information content (AvgIpc) is 2.48. The summed E-state index contributed by atoms with van der Waals surface area (Å²) in [6.07, 6.45) is 18.0. The molecule has 0 rings (SSSR count). The fraction of sp³-hybridized carbons (Fsp3) is 0.895. The maximum absolute atomic E-state index is 5.94. The zero-order valence-electron chi connectivity index (χ0n) is 15.5. The molecule has 0 N–H and O–H groups in total. The lowest BCUT2D eigenvalue weighted by molar-refractivity contribution is 0.178. The summed E-state index contributed by atoms with van der Waals surface area (Å²) in [7, 11) is -1.89. The predicted molar refractivity (Wildman–Crippen MR) is 101 cm³/mol. The smallest absolute Gasteiger partial charge is 0.331 e. The second kappa shape index (κ2) is 15.8. The minimum atomic E-state index is -1.89. The van der Waals surface area contributed by atoms with E-state index in [0.29, 0.717) is 0 Å². The van der Waals surface area contributed by atoms with Crippen molar-refractivity contribution in [3.05, 3.63) is 12.7 Å². The van der Waals surface area contributed by atoms with Crippen LogP contribution in [0.2, 0.25) is 13.1 Å². The molecule has 0 fully saturated rings. The SMILES string of the molecule is C=CCCO[Si](C)(C)OCCCCCCCCCCCCC. The van der Waals surface area contributed by atoms with Gasteiger partial charge in [0.2, 0.25) is 0 Å². The van der Waals surface area contributed by atoms with Crippen molar-refractivity contribution >= 4 is 8.56 Å². The number of hydrogen-bond acceptors (Lipinski definition) is 2. The molecule has 0 aliphatic rings. The summed E-state index contributed by atoms with van der Waals surface area (Å²) in [5.74, 6) is 0. The van der Waals surface area contributed by atoms with Crippen LogP contribution in [0, 0.1) is 0 Å². The quantitative estimate of drug-likeness (QED) is 0.170. The Morgan fingerprint density at radius 3 is 1.68 bits per heavy atom. The van der Waals surface area contributed by atoms with Gasteiger partial charge in [-0.15, -0.1) is 6.58 Å². The van der Waals surface area contributed by atoms with Gasteiger partial charge in [0, 0.05) is 13.2 Å². The van der Waals surface area contributed by atoms with E-state index in [4.69, 9.17) is 8.85 Å². The van der Waals surface area contributed by atoms with Gasteiger partial charge in [-0.3, -0.25) is 0 Å². The minimum absolute atomic E-state index is 0.751. The highest BCUT2D eigenvalue weighted by Gasteiger charge is 2.23. The van der Waals surface area contributed by atoms with E-state index >= 15 is 0 Å². The zero-order chi connectivity index (χ0) is 16.5. The third kappa shape index (κ3) is 16.3. The molecule has 0 aromatic heterocycles. The van der Waals surface area contributed by atoms with Crippen LogP contribution in [0.4, 0.5) is 0 Å². The Hall–Kier alpha value is -0.123. The van der Waals surface area contributed by atoms with Gasteiger partial charge >= 0.3 is 8.56 Å². The Morgan fingerprint density at radius 1 is 0.727 bits per heavy atom. The molecular weight excluding hydrogens is 288 g/mol. The van der Waals surface area contributed by atoms with Crippen LogP contribution in [0.3, 0.4) is 0 Å². The maximum atomic E-state index is 5.94. The molecule has 0 saturated carbocycles. The molecular formula is C19H40O2Si. The van der Waals surface area contributed by atoms with E-state index in [-0.39, 0.29) is 0 Å². The van der Waals surface area contributed by atoms with Crippen LogP contribution in [-0.2, 0) is 8.85 Å². The van der Waals surface area contributed by atoms with E-state index in [1.165, 1.54) is 70.6 Å². The second-order valence-electron chi connectivity index (χ2n) is 6.71. The molecule has 132 valence electrons. The topological polar surface area (TPSA) is 18.5 Å². The van der Waals surface area contributed by atoms with Crippen LogP contribution < -0.4 is 0 Å². The van der Waals surface area contributed by atoms with Gasteiger partial charge in [0.25, 0.3) is 0 Å². The third-order valence-electron chi connectivity index (χ3n) is 3.97. The summed E-state index contributed by atoms with van der Waals surface area (Å²) in [4.78, 5) is 0. The van der Waals surface area contributed by atoms with Gasteiger partial charge in [-0.05, 0) is 25.9 Å². The summed E-state index contributed by atoms with van der Waals surface area (Å²) in [5, 5.41) is 0. The molecule has 0 radical (unpaired) electrons. The summed E-state index contributed by atoms with van der Waals surface area (Å²) in [5.41, 5.74) is 0. The minimum Gasteiger partial charge on any atom is -0.395 e. The van der Waals surface area contributed by atoms with E-state index in [2.05, 4.69) is 26.6 Å². The largest absolute Gasteiger partial charge is 0.395 e. The van der Waals surface area contributed by atoms with Gasteiger partial charge in [0.05, 0.1) is 0 Å². The fourth-order valence-electron chi connectivity index (χ4n) is 2.51. The van der Waals surface area contributed by atoms with Gasteiger partial charge < -0.3 is 8.85 Å². The Morgan fingerprint density at radius 2 is 1.18 bits per heavy atom. The molecule has 2 nitrogen and oxygen atoms in total. The van der Waals surface area contributed by atoms with Crippen molar-refractivity contribution in [3.8, 4) is 0 Å². The molecule has 22 heavy (non-hydrogen) atoms. The molecule has 0 aliphatic carbocycles. The van der Waals surface area contributed by atoms with Crippen LogP contribution in [0.25, 0.3) is 0 Å². The number of hydrogen-bond donors (Lipinski definition) is 0. The Bertz CT molecular complexity index is 242. The van der Waals surface area contributed by atoms with Crippen molar-refractivity contribution in [3.63, 3.8) is 0 Å². The van der Waals surface area contributed by atoms with Gasteiger partial charge in [-0.1, -0.05) is 77.2 Å². The van der Waals surface area contributed by atoms with Gasteiger partial charge in [0.15, 0.2) is 0 Å². The van der Waals surface area contributed by atoms with Crippen molar-refractivity contribution < 1.29 is 8.85 Å². The number of unbranched alkanes of at least 4 members (excludes halogenated alkanes) is 10. The molecule has 0 unspecified atom stereocenters. The molecule has 0 aromatic carbocycles. The first-order valence-corrected chi connectivity index (χ1v) is 12.3. The standard InChI is InChI=1S/C19H40O2Si/c1-5-7-9-10-11-12-13-14-15-16-17-19-21-22(3,4)20-18-8-6-2/h6H,2,5,7-19H2,1,3-4H3. The summed E-state index contributed by atoms with van der Waals surface area (Å²) in [6, 6.07) is 0. The van der Waals surface area contributed by atoms with Crippen molar-refractivity contribution in [1.82, 2.24) is 0 Å². The molecule has 0 saturated heterocycles. The summed E-state index contributed by atoms with van der Waals surface area (Å²) < 4.78 is 11.8. The predicted octanol–water partition coefficient (Wildman–Crippen LogP) is 6.61. The highest BCUT2D eigenvalue weighted by Crippen LogP contribution is 2.12. The fourth-order valence-corrected chi connectivity index (χ4v) is 3.84. The Balaban J connectivity index is 3.23. The zero-order valence-corrected chi connectivity index (χ0v) is 16.5. The second-order valence-corrected chi connectivity index (χ2v) is 10.1. The summed E-state index contributed by atoms with van der Waals surface area (Å²) in [6.45, 7) is 11.9. The van der Waals surface area contributed by atoms with Crippen LogP contribution in [0.1, 0.15) is 84.0 Å². The first-order valence-electron chi connectivity index (χ1n) is 9.51. The van der Waals surface area contributed by atoms with E-state index in [1.807, 2.05) is 6.08 Å². The molecule has 0 heterocycles. The monoisotopic (exact) mass is 328 g/mol. The van der Waals surface area contributed by atoms with E-state index in [9.17, 15) is 0 Å². The molecule has 0 aromatic rings. The van der Waals surface area contributed by atoms with Crippen molar-refractivity contribution in [2.75, 3.05) is 13.2 Å². The van der Waals surface area contributed by atoms with Crippen LogP contribution in [0.5, 0.6) is 0 Å². The molecule has 0 spiro atoms. The van der Waals surface area contributed by atoms with Crippen molar-refractivity contribution in [2.24, 2.45) is 0 Å². The first kappa shape index (κ1) is 21.9. The highest BCUT2D eigenvalue weighted by atomic mass is 28.4. The van der Waals surface area contributed by atoms with Crippen LogP contribution >= 0.6 is 0 Å². The number of rotatable bonds is 17. The lowest BCUT2D eigenvalue weighted by atomic mass is 10.1. The highest BCUT2D eigenvalue weighted by molar-refractivity contribution is 6.64. The van der Waals surface area contributed by atoms with Gasteiger partial charge in [-0.2, -0.15) is 0 Å². The molecule has 0 bridgehead atoms. The Kier molecular flexibility index (Phi) is 15.7. The lowest BCUT2D eigenvalue weighted by Crippen LogP contribution is -2.35. The van der Waals surface area contributed by atoms with Crippen molar-refractivity contribution in [1.29, 1.82) is 0 Å². The van der Waals surface area contributed by atoms with E-state index in [1.54, 1.807) is 0 Å². The van der Waals surface area contributed by atoms with E-state index in [0.717, 1.165) is 19.6 Å². The lowest BCUT2D eigenvalue weighted by Gasteiger charge is -2.22. The summed E-state index contributed by atoms with van der Waals surface area (Å²) >= 11 is 0. The molecule has 0 aliphatic heterocycles.